The monoisotopic (exact) mass is 205 g/mol. The normalized spacial score (nSPS) is 43.0. The molecule has 1 aliphatic heterocycles. The summed E-state index contributed by atoms with van der Waals surface area (Å²) in [7, 11) is 0. The fraction of sp³-hybridized carbons (Fsp3) is 1.00. The van der Waals surface area contributed by atoms with Crippen LogP contribution in [0.15, 0.2) is 5.11 Å². The molecule has 14 heavy (non-hydrogen) atoms. The molecule has 80 valence electrons. The maximum absolute atomic E-state index is 9.27. The molecule has 0 unspecified atom stereocenters. The number of ether oxygens (including phenoxy) is 1. The summed E-state index contributed by atoms with van der Waals surface area (Å²) in [5, 5.41) is 39.6. The van der Waals surface area contributed by atoms with Crippen LogP contribution in [0.4, 0.5) is 0 Å². The quantitative estimate of drug-likeness (QED) is 0.237. The first-order valence-electron chi connectivity index (χ1n) is 3.96. The smallest absolute Gasteiger partial charge is 0.165 e. The lowest BCUT2D eigenvalue weighted by molar-refractivity contribution is -0.227. The van der Waals surface area contributed by atoms with E-state index in [1.54, 1.807) is 0 Å². The number of azide groups is 1. The molecular formula is C6H11N3O5. The van der Waals surface area contributed by atoms with Gasteiger partial charge in [-0.1, -0.05) is 5.11 Å². The highest BCUT2D eigenvalue weighted by Crippen LogP contribution is 2.21. The van der Waals surface area contributed by atoms with Gasteiger partial charge in [0, 0.05) is 4.91 Å². The van der Waals surface area contributed by atoms with Crippen molar-refractivity contribution in [2.24, 2.45) is 5.11 Å². The first kappa shape index (κ1) is 11.2. The Morgan fingerprint density at radius 3 is 2.36 bits per heavy atom. The lowest BCUT2D eigenvalue weighted by atomic mass is 9.99. The van der Waals surface area contributed by atoms with E-state index in [1.165, 1.54) is 0 Å². The second kappa shape index (κ2) is 4.56. The van der Waals surface area contributed by atoms with Crippen molar-refractivity contribution < 1.29 is 25.2 Å². The van der Waals surface area contributed by atoms with Crippen LogP contribution in [-0.4, -0.2) is 57.7 Å². The summed E-state index contributed by atoms with van der Waals surface area (Å²) in [5.74, 6) is 0. The molecule has 0 aromatic rings. The van der Waals surface area contributed by atoms with Gasteiger partial charge in [-0.3, -0.25) is 0 Å². The first-order chi connectivity index (χ1) is 6.61. The van der Waals surface area contributed by atoms with Crippen molar-refractivity contribution in [3.05, 3.63) is 10.4 Å². The van der Waals surface area contributed by atoms with Gasteiger partial charge < -0.3 is 25.2 Å². The zero-order valence-corrected chi connectivity index (χ0v) is 7.13. The molecule has 1 saturated heterocycles. The van der Waals surface area contributed by atoms with Crippen LogP contribution in [0, 0.1) is 0 Å². The zero-order valence-electron chi connectivity index (χ0n) is 7.13. The molecule has 8 heteroatoms. The molecule has 0 aromatic carbocycles. The van der Waals surface area contributed by atoms with Crippen LogP contribution in [0.2, 0.25) is 0 Å². The van der Waals surface area contributed by atoms with E-state index in [1.807, 2.05) is 0 Å². The van der Waals surface area contributed by atoms with Crippen molar-refractivity contribution in [1.82, 2.24) is 0 Å². The van der Waals surface area contributed by atoms with Crippen molar-refractivity contribution in [3.8, 4) is 0 Å². The maximum atomic E-state index is 9.27. The summed E-state index contributed by atoms with van der Waals surface area (Å²) in [4.78, 5) is 2.40. The molecule has 1 fully saturated rings. The number of nitrogens with zero attached hydrogens (tertiary/aromatic N) is 3. The summed E-state index contributed by atoms with van der Waals surface area (Å²) in [6.07, 6.45) is -6.76. The van der Waals surface area contributed by atoms with E-state index < -0.39 is 37.3 Å². The Morgan fingerprint density at radius 2 is 1.86 bits per heavy atom. The van der Waals surface area contributed by atoms with Gasteiger partial charge in [-0.25, -0.2) is 0 Å². The molecule has 0 saturated carbocycles. The zero-order chi connectivity index (χ0) is 10.7. The van der Waals surface area contributed by atoms with E-state index in [0.29, 0.717) is 0 Å². The minimum absolute atomic E-state index is 0.539. The molecule has 5 atom stereocenters. The third-order valence-electron chi connectivity index (χ3n) is 2.03. The summed E-state index contributed by atoms with van der Waals surface area (Å²) in [5.41, 5.74) is 8.11. The van der Waals surface area contributed by atoms with Crippen LogP contribution >= 0.6 is 0 Å². The van der Waals surface area contributed by atoms with E-state index in [0.717, 1.165) is 0 Å². The van der Waals surface area contributed by atoms with Gasteiger partial charge >= 0.3 is 0 Å². The van der Waals surface area contributed by atoms with E-state index >= 15 is 0 Å². The Hall–Kier alpha value is -0.890. The average molecular weight is 205 g/mol. The molecule has 4 N–H and O–H groups in total. The standard InChI is InChI=1S/C6H11N3O5/c7-9-8-6-5(13)4(12)3(11)2(1-10)14-6/h2-6,10-13H,1H2/t2-,3+,4+,5-,6+/m1/s1. The maximum Gasteiger partial charge on any atom is 0.165 e. The fourth-order valence-electron chi connectivity index (χ4n) is 1.23. The second-order valence-corrected chi connectivity index (χ2v) is 2.92. The highest BCUT2D eigenvalue weighted by atomic mass is 16.6. The Labute approximate surface area is 79.0 Å². The Morgan fingerprint density at radius 1 is 1.21 bits per heavy atom. The number of aliphatic hydroxyl groups is 4. The number of hydrogen-bond donors (Lipinski definition) is 4. The van der Waals surface area contributed by atoms with Crippen LogP contribution in [0.1, 0.15) is 0 Å². The molecule has 0 amide bonds. The van der Waals surface area contributed by atoms with Crippen LogP contribution in [0.25, 0.3) is 10.4 Å². The predicted molar refractivity (Wildman–Crippen MR) is 42.9 cm³/mol. The molecule has 0 aliphatic carbocycles. The van der Waals surface area contributed by atoms with Gasteiger partial charge in [0.2, 0.25) is 0 Å². The Bertz CT molecular complexity index is 242. The second-order valence-electron chi connectivity index (χ2n) is 2.92. The van der Waals surface area contributed by atoms with Gasteiger partial charge in [-0.15, -0.1) is 0 Å². The van der Waals surface area contributed by atoms with Crippen molar-refractivity contribution in [3.63, 3.8) is 0 Å². The van der Waals surface area contributed by atoms with E-state index in [-0.39, 0.29) is 0 Å². The molecular weight excluding hydrogens is 194 g/mol. The van der Waals surface area contributed by atoms with Gasteiger partial charge in [0.15, 0.2) is 6.23 Å². The molecule has 0 spiro atoms. The summed E-state index contributed by atoms with van der Waals surface area (Å²) < 4.78 is 4.84. The van der Waals surface area contributed by atoms with Crippen LogP contribution < -0.4 is 0 Å². The van der Waals surface area contributed by atoms with Crippen molar-refractivity contribution in [2.45, 2.75) is 30.6 Å². The summed E-state index contributed by atoms with van der Waals surface area (Å²) in [6.45, 7) is -0.539. The predicted octanol–water partition coefficient (Wildman–Crippen LogP) is -1.90. The molecule has 0 radical (unpaired) electrons. The van der Waals surface area contributed by atoms with Crippen LogP contribution in [0.5, 0.6) is 0 Å². The average Bonchev–Trinajstić information content (AvgIpc) is 2.19. The topological polar surface area (TPSA) is 139 Å². The molecule has 1 rings (SSSR count). The fourth-order valence-corrected chi connectivity index (χ4v) is 1.23. The minimum Gasteiger partial charge on any atom is -0.394 e. The largest absolute Gasteiger partial charge is 0.394 e. The van der Waals surface area contributed by atoms with E-state index in [4.69, 9.17) is 15.4 Å². The Balaban J connectivity index is 2.77. The molecule has 1 heterocycles. The number of hydrogen-bond acceptors (Lipinski definition) is 6. The van der Waals surface area contributed by atoms with Gasteiger partial charge in [-0.05, 0) is 5.53 Å². The van der Waals surface area contributed by atoms with Gasteiger partial charge in [-0.2, -0.15) is 0 Å². The van der Waals surface area contributed by atoms with E-state index in [2.05, 4.69) is 10.0 Å². The van der Waals surface area contributed by atoms with Crippen LogP contribution in [0.3, 0.4) is 0 Å². The molecule has 8 nitrogen and oxygen atoms in total. The summed E-state index contributed by atoms with van der Waals surface area (Å²) >= 11 is 0. The minimum atomic E-state index is -1.50. The first-order valence-corrected chi connectivity index (χ1v) is 3.96. The third kappa shape index (κ3) is 1.95. The molecule has 0 aromatic heterocycles. The van der Waals surface area contributed by atoms with E-state index in [9.17, 15) is 15.3 Å². The van der Waals surface area contributed by atoms with Gasteiger partial charge in [0.1, 0.15) is 24.4 Å². The van der Waals surface area contributed by atoms with Crippen molar-refractivity contribution in [2.75, 3.05) is 6.61 Å². The third-order valence-corrected chi connectivity index (χ3v) is 2.03. The molecule has 0 bridgehead atoms. The van der Waals surface area contributed by atoms with Crippen molar-refractivity contribution >= 4 is 0 Å². The number of rotatable bonds is 2. The lowest BCUT2D eigenvalue weighted by Crippen LogP contribution is -2.57. The van der Waals surface area contributed by atoms with Crippen LogP contribution in [-0.2, 0) is 4.74 Å². The number of aliphatic hydroxyl groups excluding tert-OH is 4. The Kier molecular flexibility index (Phi) is 3.64. The van der Waals surface area contributed by atoms with Gasteiger partial charge in [0.25, 0.3) is 0 Å². The molecule has 1 aliphatic rings. The summed E-state index contributed by atoms with van der Waals surface area (Å²) in [6, 6.07) is 0. The SMILES string of the molecule is [N-]=[N+]=N[C@H]1O[C@H](CO)[C@H](O)[C@H](O)[C@H]1O. The lowest BCUT2D eigenvalue weighted by Gasteiger charge is -2.37. The van der Waals surface area contributed by atoms with Crippen molar-refractivity contribution in [1.29, 1.82) is 0 Å². The highest BCUT2D eigenvalue weighted by Gasteiger charge is 2.42. The highest BCUT2D eigenvalue weighted by molar-refractivity contribution is 4.90. The van der Waals surface area contributed by atoms with Gasteiger partial charge in [0.05, 0.1) is 6.61 Å².